The van der Waals surface area contributed by atoms with Gasteiger partial charge in [0.25, 0.3) is 0 Å². The summed E-state index contributed by atoms with van der Waals surface area (Å²) < 4.78 is 37.4. The normalized spacial score (nSPS) is 11.8. The molecule has 0 aromatic heterocycles. The number of hydrogen-bond donors (Lipinski definition) is 1. The number of hydrogen-bond acceptors (Lipinski definition) is 1. The molecule has 0 bridgehead atoms. The Hall–Kier alpha value is -2.56. The third-order valence-electron chi connectivity index (χ3n) is 2.90. The van der Waals surface area contributed by atoms with Gasteiger partial charge in [0.1, 0.15) is 0 Å². The smallest absolute Gasteiger partial charge is 0.366 e. The molecule has 0 radical (unpaired) electrons. The minimum Gasteiger partial charge on any atom is -0.366 e. The van der Waals surface area contributed by atoms with Gasteiger partial charge in [-0.2, -0.15) is 13.2 Å². The number of alkyl halides is 3. The number of primary amides is 1. The SMILES string of the molecule is NC(=O)C=Cc1ccc(-c2ccc(C(F)(F)F)cc2)cc1. The van der Waals surface area contributed by atoms with Crippen LogP contribution < -0.4 is 5.73 Å². The van der Waals surface area contributed by atoms with Gasteiger partial charge < -0.3 is 5.73 Å². The maximum Gasteiger partial charge on any atom is 0.416 e. The summed E-state index contributed by atoms with van der Waals surface area (Å²) in [6.07, 6.45) is -1.52. The molecular formula is C16H12F3NO. The van der Waals surface area contributed by atoms with Crippen LogP contribution in [0.4, 0.5) is 13.2 Å². The van der Waals surface area contributed by atoms with Gasteiger partial charge in [0.2, 0.25) is 5.91 Å². The summed E-state index contributed by atoms with van der Waals surface area (Å²) in [7, 11) is 0. The molecule has 0 aliphatic heterocycles. The van der Waals surface area contributed by atoms with Gasteiger partial charge in [-0.3, -0.25) is 4.79 Å². The Morgan fingerprint density at radius 2 is 1.38 bits per heavy atom. The Labute approximate surface area is 119 Å². The van der Waals surface area contributed by atoms with Crippen molar-refractivity contribution in [3.05, 3.63) is 65.7 Å². The second-order valence-corrected chi connectivity index (χ2v) is 4.43. The second kappa shape index (κ2) is 5.83. The molecule has 108 valence electrons. The molecule has 2 nitrogen and oxygen atoms in total. The predicted molar refractivity (Wildman–Crippen MR) is 75.1 cm³/mol. The van der Waals surface area contributed by atoms with E-state index in [-0.39, 0.29) is 0 Å². The van der Waals surface area contributed by atoms with Crippen LogP contribution in [0.5, 0.6) is 0 Å². The van der Waals surface area contributed by atoms with Crippen molar-refractivity contribution in [3.8, 4) is 11.1 Å². The summed E-state index contributed by atoms with van der Waals surface area (Å²) in [6.45, 7) is 0. The van der Waals surface area contributed by atoms with E-state index in [2.05, 4.69) is 0 Å². The zero-order valence-electron chi connectivity index (χ0n) is 10.9. The maximum atomic E-state index is 12.5. The second-order valence-electron chi connectivity index (χ2n) is 4.43. The Morgan fingerprint density at radius 3 is 1.81 bits per heavy atom. The molecule has 2 N–H and O–H groups in total. The lowest BCUT2D eigenvalue weighted by Gasteiger charge is -2.08. The van der Waals surface area contributed by atoms with Crippen molar-refractivity contribution in [2.24, 2.45) is 5.73 Å². The van der Waals surface area contributed by atoms with Crippen molar-refractivity contribution in [1.82, 2.24) is 0 Å². The highest BCUT2D eigenvalue weighted by Gasteiger charge is 2.29. The lowest BCUT2D eigenvalue weighted by Crippen LogP contribution is -2.05. The highest BCUT2D eigenvalue weighted by Crippen LogP contribution is 2.31. The van der Waals surface area contributed by atoms with Gasteiger partial charge in [0.05, 0.1) is 5.56 Å². The Kier molecular flexibility index (Phi) is 4.12. The van der Waals surface area contributed by atoms with E-state index in [9.17, 15) is 18.0 Å². The van der Waals surface area contributed by atoms with Crippen LogP contribution in [0, 0.1) is 0 Å². The summed E-state index contributed by atoms with van der Waals surface area (Å²) in [6, 6.07) is 12.0. The first-order valence-electron chi connectivity index (χ1n) is 6.11. The average molecular weight is 291 g/mol. The molecule has 0 unspecified atom stereocenters. The van der Waals surface area contributed by atoms with Gasteiger partial charge in [-0.15, -0.1) is 0 Å². The molecule has 0 spiro atoms. The van der Waals surface area contributed by atoms with Crippen molar-refractivity contribution < 1.29 is 18.0 Å². The minimum atomic E-state index is -4.33. The molecule has 0 saturated carbocycles. The first kappa shape index (κ1) is 14.8. The molecule has 0 fully saturated rings. The monoisotopic (exact) mass is 291 g/mol. The van der Waals surface area contributed by atoms with Gasteiger partial charge in [-0.1, -0.05) is 36.4 Å². The van der Waals surface area contributed by atoms with E-state index >= 15 is 0 Å². The molecular weight excluding hydrogens is 279 g/mol. The summed E-state index contributed by atoms with van der Waals surface area (Å²) in [5.41, 5.74) is 6.58. The lowest BCUT2D eigenvalue weighted by molar-refractivity contribution is -0.137. The standard InChI is InChI=1S/C16H12F3NO/c17-16(18,19)14-8-6-13(7-9-14)12-4-1-11(2-5-12)3-10-15(20)21/h1-10H,(H2,20,21). The zero-order chi connectivity index (χ0) is 15.5. The molecule has 2 aromatic carbocycles. The maximum absolute atomic E-state index is 12.5. The van der Waals surface area contributed by atoms with Gasteiger partial charge in [0, 0.05) is 6.08 Å². The van der Waals surface area contributed by atoms with Crippen molar-refractivity contribution in [3.63, 3.8) is 0 Å². The molecule has 0 heterocycles. The number of amides is 1. The van der Waals surface area contributed by atoms with Gasteiger partial charge in [-0.25, -0.2) is 0 Å². The fourth-order valence-corrected chi connectivity index (χ4v) is 1.82. The Balaban J connectivity index is 2.21. The average Bonchev–Trinajstić information content (AvgIpc) is 2.45. The largest absolute Gasteiger partial charge is 0.416 e. The van der Waals surface area contributed by atoms with Gasteiger partial charge in [-0.05, 0) is 34.9 Å². The molecule has 1 amide bonds. The highest BCUT2D eigenvalue weighted by atomic mass is 19.4. The van der Waals surface area contributed by atoms with E-state index in [4.69, 9.17) is 5.73 Å². The molecule has 5 heteroatoms. The zero-order valence-corrected chi connectivity index (χ0v) is 10.9. The summed E-state index contributed by atoms with van der Waals surface area (Å²) in [5, 5.41) is 0. The number of carbonyl (C=O) groups is 1. The molecule has 2 aromatic rings. The van der Waals surface area contributed by atoms with E-state index in [1.807, 2.05) is 0 Å². The summed E-state index contributed by atoms with van der Waals surface area (Å²) >= 11 is 0. The van der Waals surface area contributed by atoms with Crippen LogP contribution in [-0.2, 0) is 11.0 Å². The number of carbonyl (C=O) groups excluding carboxylic acids is 1. The number of halogens is 3. The van der Waals surface area contributed by atoms with Crippen LogP contribution in [0.1, 0.15) is 11.1 Å². The van der Waals surface area contributed by atoms with Crippen LogP contribution in [0.25, 0.3) is 17.2 Å². The van der Waals surface area contributed by atoms with Crippen LogP contribution in [0.15, 0.2) is 54.6 Å². The summed E-state index contributed by atoms with van der Waals surface area (Å²) in [5.74, 6) is -0.540. The topological polar surface area (TPSA) is 43.1 Å². The molecule has 0 saturated heterocycles. The Bertz CT molecular complexity index is 655. The van der Waals surface area contributed by atoms with E-state index < -0.39 is 17.6 Å². The molecule has 0 aliphatic carbocycles. The fourth-order valence-electron chi connectivity index (χ4n) is 1.82. The molecule has 0 aliphatic rings. The quantitative estimate of drug-likeness (QED) is 0.857. The van der Waals surface area contributed by atoms with Crippen molar-refractivity contribution in [2.45, 2.75) is 6.18 Å². The van der Waals surface area contributed by atoms with E-state index in [1.165, 1.54) is 18.2 Å². The van der Waals surface area contributed by atoms with E-state index in [1.54, 1.807) is 30.3 Å². The van der Waals surface area contributed by atoms with Crippen molar-refractivity contribution >= 4 is 12.0 Å². The molecule has 21 heavy (non-hydrogen) atoms. The number of rotatable bonds is 3. The van der Waals surface area contributed by atoms with Crippen LogP contribution >= 0.6 is 0 Å². The minimum absolute atomic E-state index is 0.540. The molecule has 0 atom stereocenters. The summed E-state index contributed by atoms with van der Waals surface area (Å²) in [4.78, 5) is 10.6. The first-order chi connectivity index (χ1) is 9.86. The van der Waals surface area contributed by atoms with Crippen LogP contribution in [-0.4, -0.2) is 5.91 Å². The van der Waals surface area contributed by atoms with Gasteiger partial charge >= 0.3 is 6.18 Å². The van der Waals surface area contributed by atoms with E-state index in [0.29, 0.717) is 5.56 Å². The number of benzene rings is 2. The lowest BCUT2D eigenvalue weighted by atomic mass is 10.0. The third kappa shape index (κ3) is 3.95. The van der Waals surface area contributed by atoms with Crippen LogP contribution in [0.3, 0.4) is 0 Å². The highest BCUT2D eigenvalue weighted by molar-refractivity contribution is 5.90. The van der Waals surface area contributed by atoms with Crippen molar-refractivity contribution in [2.75, 3.05) is 0 Å². The Morgan fingerprint density at radius 1 is 0.905 bits per heavy atom. The van der Waals surface area contributed by atoms with Gasteiger partial charge in [0.15, 0.2) is 0 Å². The van der Waals surface area contributed by atoms with Crippen LogP contribution in [0.2, 0.25) is 0 Å². The molecule has 2 rings (SSSR count). The first-order valence-corrected chi connectivity index (χ1v) is 6.11. The fraction of sp³-hybridized carbons (Fsp3) is 0.0625. The number of nitrogens with two attached hydrogens (primary N) is 1. The predicted octanol–water partition coefficient (Wildman–Crippen LogP) is 3.87. The van der Waals surface area contributed by atoms with E-state index in [0.717, 1.165) is 23.3 Å². The third-order valence-corrected chi connectivity index (χ3v) is 2.90. The van der Waals surface area contributed by atoms with Crippen molar-refractivity contribution in [1.29, 1.82) is 0 Å².